The fourth-order valence-electron chi connectivity index (χ4n) is 1.77. The van der Waals surface area contributed by atoms with Crippen molar-refractivity contribution in [3.8, 4) is 0 Å². The van der Waals surface area contributed by atoms with Crippen LogP contribution in [0.15, 0.2) is 6.07 Å². The van der Waals surface area contributed by atoms with Gasteiger partial charge in [-0.2, -0.15) is 0 Å². The van der Waals surface area contributed by atoms with Crippen molar-refractivity contribution in [1.82, 2.24) is 4.98 Å². The fourth-order valence-corrected chi connectivity index (χ4v) is 1.77. The molecule has 1 heteroatoms. The molecule has 0 aromatic carbocycles. The quantitative estimate of drug-likeness (QED) is 0.643. The van der Waals surface area contributed by atoms with E-state index in [1.807, 2.05) is 0 Å². The van der Waals surface area contributed by atoms with E-state index in [-0.39, 0.29) is 10.8 Å². The highest BCUT2D eigenvalue weighted by molar-refractivity contribution is 5.35. The highest BCUT2D eigenvalue weighted by Crippen LogP contribution is 2.33. The zero-order chi connectivity index (χ0) is 11.1. The van der Waals surface area contributed by atoms with E-state index >= 15 is 0 Å². The molecule has 0 saturated heterocycles. The van der Waals surface area contributed by atoms with Gasteiger partial charge in [-0.15, -0.1) is 0 Å². The van der Waals surface area contributed by atoms with Crippen LogP contribution in [0.5, 0.6) is 0 Å². The Morgan fingerprint density at radius 2 is 1.43 bits per heavy atom. The molecule has 1 nitrogen and oxygen atoms in total. The van der Waals surface area contributed by atoms with Crippen LogP contribution in [-0.2, 0) is 10.8 Å². The second-order valence-corrected chi connectivity index (χ2v) is 6.24. The average molecular weight is 193 g/mol. The van der Waals surface area contributed by atoms with Gasteiger partial charge in [0.25, 0.3) is 0 Å². The van der Waals surface area contributed by atoms with E-state index in [4.69, 9.17) is 0 Å². The number of H-pyrrole nitrogens is 1. The Bertz CT molecular complexity index is 286. The van der Waals surface area contributed by atoms with Crippen LogP contribution in [0, 0.1) is 6.92 Å². The summed E-state index contributed by atoms with van der Waals surface area (Å²) in [6, 6.07) is 2.28. The van der Waals surface area contributed by atoms with E-state index < -0.39 is 0 Å². The van der Waals surface area contributed by atoms with Gasteiger partial charge < -0.3 is 4.98 Å². The molecule has 1 N–H and O–H groups in total. The van der Waals surface area contributed by atoms with Crippen LogP contribution in [0.25, 0.3) is 0 Å². The Morgan fingerprint density at radius 3 is 1.71 bits per heavy atom. The maximum atomic E-state index is 3.49. The van der Waals surface area contributed by atoms with Crippen molar-refractivity contribution in [2.24, 2.45) is 0 Å². The molecule has 0 saturated carbocycles. The molecule has 80 valence electrons. The summed E-state index contributed by atoms with van der Waals surface area (Å²) < 4.78 is 0. The van der Waals surface area contributed by atoms with E-state index in [1.165, 1.54) is 17.0 Å². The molecule has 1 aromatic rings. The molecule has 0 unspecified atom stereocenters. The maximum absolute atomic E-state index is 3.49. The van der Waals surface area contributed by atoms with E-state index in [9.17, 15) is 0 Å². The van der Waals surface area contributed by atoms with Gasteiger partial charge in [-0.1, -0.05) is 41.5 Å². The second kappa shape index (κ2) is 3.15. The summed E-state index contributed by atoms with van der Waals surface area (Å²) >= 11 is 0. The van der Waals surface area contributed by atoms with Crippen molar-refractivity contribution in [1.29, 1.82) is 0 Å². The fraction of sp³-hybridized carbons (Fsp3) is 0.692. The zero-order valence-corrected chi connectivity index (χ0v) is 10.6. The third-order valence-electron chi connectivity index (χ3n) is 2.51. The molecule has 1 heterocycles. The van der Waals surface area contributed by atoms with E-state index in [2.05, 4.69) is 59.5 Å². The number of aromatic nitrogens is 1. The van der Waals surface area contributed by atoms with Crippen LogP contribution in [0.1, 0.15) is 58.5 Å². The Labute approximate surface area is 87.9 Å². The minimum absolute atomic E-state index is 0.205. The molecule has 0 bridgehead atoms. The van der Waals surface area contributed by atoms with Gasteiger partial charge >= 0.3 is 0 Å². The zero-order valence-electron chi connectivity index (χ0n) is 10.6. The number of aryl methyl sites for hydroxylation is 1. The highest BCUT2D eigenvalue weighted by atomic mass is 14.7. The van der Waals surface area contributed by atoms with Crippen molar-refractivity contribution in [3.63, 3.8) is 0 Å². The van der Waals surface area contributed by atoms with E-state index in [1.54, 1.807) is 0 Å². The molecule has 0 aliphatic carbocycles. The summed E-state index contributed by atoms with van der Waals surface area (Å²) in [6.45, 7) is 15.7. The third kappa shape index (κ3) is 2.20. The highest BCUT2D eigenvalue weighted by Gasteiger charge is 2.26. The molecular weight excluding hydrogens is 170 g/mol. The number of rotatable bonds is 0. The van der Waals surface area contributed by atoms with Crippen molar-refractivity contribution < 1.29 is 0 Å². The van der Waals surface area contributed by atoms with Gasteiger partial charge in [0, 0.05) is 16.8 Å². The normalized spacial score (nSPS) is 13.4. The van der Waals surface area contributed by atoms with Gasteiger partial charge in [0.1, 0.15) is 0 Å². The van der Waals surface area contributed by atoms with Gasteiger partial charge in [0.05, 0.1) is 0 Å². The molecule has 0 atom stereocenters. The Morgan fingerprint density at radius 1 is 0.929 bits per heavy atom. The first-order chi connectivity index (χ1) is 6.12. The topological polar surface area (TPSA) is 15.8 Å². The van der Waals surface area contributed by atoms with Gasteiger partial charge in [-0.25, -0.2) is 0 Å². The molecule has 1 aromatic heterocycles. The van der Waals surface area contributed by atoms with Crippen molar-refractivity contribution in [3.05, 3.63) is 23.0 Å². The first-order valence-corrected chi connectivity index (χ1v) is 5.33. The number of hydrogen-bond acceptors (Lipinski definition) is 0. The lowest BCUT2D eigenvalue weighted by atomic mass is 9.80. The molecular formula is C13H23N. The van der Waals surface area contributed by atoms with Crippen LogP contribution in [0.2, 0.25) is 0 Å². The largest absolute Gasteiger partial charge is 0.362 e. The first-order valence-electron chi connectivity index (χ1n) is 5.33. The molecule has 0 amide bonds. The smallest absolute Gasteiger partial charge is 0.0241 e. The second-order valence-electron chi connectivity index (χ2n) is 6.24. The molecule has 1 rings (SSSR count). The lowest BCUT2D eigenvalue weighted by molar-refractivity contribution is 0.521. The summed E-state index contributed by atoms with van der Waals surface area (Å²) in [7, 11) is 0. The summed E-state index contributed by atoms with van der Waals surface area (Å²) in [6.07, 6.45) is 0. The molecule has 0 aliphatic rings. The standard InChI is InChI=1S/C13H23N/c1-9-8-10(12(2,3)4)11(14-9)13(5,6)7/h8,14H,1-7H3. The minimum atomic E-state index is 0.205. The summed E-state index contributed by atoms with van der Waals surface area (Å²) in [5.74, 6) is 0. The number of hydrogen-bond donors (Lipinski definition) is 1. The van der Waals surface area contributed by atoms with E-state index in [0.29, 0.717) is 0 Å². The van der Waals surface area contributed by atoms with Crippen LogP contribution in [0.4, 0.5) is 0 Å². The summed E-state index contributed by atoms with van der Waals surface area (Å²) in [5, 5.41) is 0. The van der Waals surface area contributed by atoms with E-state index in [0.717, 1.165) is 0 Å². The molecule has 0 spiro atoms. The Balaban J connectivity index is 3.31. The number of nitrogens with one attached hydrogen (secondary N) is 1. The van der Waals surface area contributed by atoms with Crippen LogP contribution in [0.3, 0.4) is 0 Å². The van der Waals surface area contributed by atoms with Crippen molar-refractivity contribution in [2.75, 3.05) is 0 Å². The monoisotopic (exact) mass is 193 g/mol. The summed E-state index contributed by atoms with van der Waals surface area (Å²) in [4.78, 5) is 3.49. The van der Waals surface area contributed by atoms with Gasteiger partial charge in [0.15, 0.2) is 0 Å². The lowest BCUT2D eigenvalue weighted by Gasteiger charge is -2.26. The third-order valence-corrected chi connectivity index (χ3v) is 2.51. The maximum Gasteiger partial charge on any atom is 0.0241 e. The first kappa shape index (κ1) is 11.4. The number of aromatic amines is 1. The minimum Gasteiger partial charge on any atom is -0.362 e. The molecule has 0 aliphatic heterocycles. The van der Waals surface area contributed by atoms with Gasteiger partial charge in [-0.3, -0.25) is 0 Å². The van der Waals surface area contributed by atoms with Crippen LogP contribution < -0.4 is 0 Å². The predicted octanol–water partition coefficient (Wildman–Crippen LogP) is 3.92. The van der Waals surface area contributed by atoms with Crippen LogP contribution >= 0.6 is 0 Å². The molecule has 14 heavy (non-hydrogen) atoms. The molecule has 0 radical (unpaired) electrons. The SMILES string of the molecule is Cc1cc(C(C)(C)C)c(C(C)(C)C)[nH]1. The van der Waals surface area contributed by atoms with Crippen molar-refractivity contribution >= 4 is 0 Å². The Kier molecular flexibility index (Phi) is 2.55. The Hall–Kier alpha value is -0.720. The lowest BCUT2D eigenvalue weighted by Crippen LogP contribution is -2.20. The van der Waals surface area contributed by atoms with Crippen LogP contribution in [-0.4, -0.2) is 4.98 Å². The predicted molar refractivity (Wildman–Crippen MR) is 62.9 cm³/mol. The average Bonchev–Trinajstić information content (AvgIpc) is 2.27. The van der Waals surface area contributed by atoms with Gasteiger partial charge in [-0.05, 0) is 24.0 Å². The van der Waals surface area contributed by atoms with Crippen molar-refractivity contribution in [2.45, 2.75) is 59.3 Å². The van der Waals surface area contributed by atoms with Gasteiger partial charge in [0.2, 0.25) is 0 Å². The molecule has 0 fully saturated rings. The summed E-state index contributed by atoms with van der Waals surface area (Å²) in [5.41, 5.74) is 4.52.